The lowest BCUT2D eigenvalue weighted by Crippen LogP contribution is -2.23. The summed E-state index contributed by atoms with van der Waals surface area (Å²) in [6, 6.07) is 8.47. The molecule has 0 aliphatic carbocycles. The fourth-order valence-electron chi connectivity index (χ4n) is 2.18. The van der Waals surface area contributed by atoms with Crippen LogP contribution in [0.3, 0.4) is 0 Å². The highest BCUT2D eigenvalue weighted by Gasteiger charge is 2.13. The van der Waals surface area contributed by atoms with Gasteiger partial charge in [-0.1, -0.05) is 12.1 Å². The molecule has 98 valence electrons. The Balaban J connectivity index is 2.08. The number of methoxy groups -OCH3 is 1. The number of nitrogens with zero attached hydrogens (tertiary/aromatic N) is 2. The predicted molar refractivity (Wildman–Crippen MR) is 73.6 cm³/mol. The Bertz CT molecular complexity index is 507. The second-order valence-corrected chi connectivity index (χ2v) is 4.54. The molecule has 0 fully saturated rings. The van der Waals surface area contributed by atoms with Crippen molar-refractivity contribution in [1.29, 1.82) is 0 Å². The van der Waals surface area contributed by atoms with Gasteiger partial charge < -0.3 is 14.6 Å². The first-order chi connectivity index (χ1) is 8.74. The van der Waals surface area contributed by atoms with Crippen LogP contribution in [0, 0.1) is 0 Å². The molecule has 0 spiro atoms. The standard InChI is InChI=1S/C14H21N3O/c1-11(15-9-6-10-18-3)14-16-12-7-4-5-8-13(12)17(14)2/h4-5,7-8,11,15H,6,9-10H2,1-3H3. The smallest absolute Gasteiger partial charge is 0.126 e. The van der Waals surface area contributed by atoms with Crippen LogP contribution >= 0.6 is 0 Å². The molecule has 1 atom stereocenters. The van der Waals surface area contributed by atoms with Gasteiger partial charge in [0, 0.05) is 20.8 Å². The van der Waals surface area contributed by atoms with Gasteiger partial charge in [-0.05, 0) is 32.0 Å². The minimum Gasteiger partial charge on any atom is -0.385 e. The van der Waals surface area contributed by atoms with E-state index in [-0.39, 0.29) is 6.04 Å². The lowest BCUT2D eigenvalue weighted by Gasteiger charge is -2.13. The first-order valence-corrected chi connectivity index (χ1v) is 6.37. The summed E-state index contributed by atoms with van der Waals surface area (Å²) in [5, 5.41) is 3.47. The van der Waals surface area contributed by atoms with Gasteiger partial charge in [0.05, 0.1) is 17.1 Å². The van der Waals surface area contributed by atoms with Crippen LogP contribution < -0.4 is 5.32 Å². The maximum Gasteiger partial charge on any atom is 0.126 e. The maximum atomic E-state index is 5.04. The summed E-state index contributed by atoms with van der Waals surface area (Å²) in [5.41, 5.74) is 2.23. The van der Waals surface area contributed by atoms with Gasteiger partial charge in [-0.3, -0.25) is 0 Å². The van der Waals surface area contributed by atoms with Crippen LogP contribution in [0.15, 0.2) is 24.3 Å². The fraction of sp³-hybridized carbons (Fsp3) is 0.500. The first-order valence-electron chi connectivity index (χ1n) is 6.37. The number of rotatable bonds is 6. The highest BCUT2D eigenvalue weighted by Crippen LogP contribution is 2.18. The van der Waals surface area contributed by atoms with Crippen molar-refractivity contribution >= 4 is 11.0 Å². The molecule has 0 bridgehead atoms. The van der Waals surface area contributed by atoms with Gasteiger partial charge in [0.15, 0.2) is 0 Å². The van der Waals surface area contributed by atoms with Gasteiger partial charge in [0.1, 0.15) is 5.82 Å². The minimum atomic E-state index is 0.249. The molecule has 1 N–H and O–H groups in total. The normalized spacial score (nSPS) is 13.1. The molecule has 1 aromatic heterocycles. The van der Waals surface area contributed by atoms with Crippen molar-refractivity contribution in [2.45, 2.75) is 19.4 Å². The average molecular weight is 247 g/mol. The van der Waals surface area contributed by atoms with Crippen LogP contribution in [-0.2, 0) is 11.8 Å². The van der Waals surface area contributed by atoms with E-state index in [1.807, 2.05) is 12.1 Å². The highest BCUT2D eigenvalue weighted by molar-refractivity contribution is 5.75. The van der Waals surface area contributed by atoms with E-state index in [0.717, 1.165) is 30.9 Å². The molecule has 2 aromatic rings. The van der Waals surface area contributed by atoms with Gasteiger partial charge in [-0.2, -0.15) is 0 Å². The van der Waals surface area contributed by atoms with E-state index in [0.29, 0.717) is 0 Å². The van der Waals surface area contributed by atoms with E-state index in [1.165, 1.54) is 5.52 Å². The first kappa shape index (κ1) is 13.1. The third-order valence-electron chi connectivity index (χ3n) is 3.18. The van der Waals surface area contributed by atoms with E-state index in [9.17, 15) is 0 Å². The summed E-state index contributed by atoms with van der Waals surface area (Å²) in [4.78, 5) is 4.68. The van der Waals surface area contributed by atoms with Crippen molar-refractivity contribution in [2.24, 2.45) is 7.05 Å². The van der Waals surface area contributed by atoms with Gasteiger partial charge in [-0.15, -0.1) is 0 Å². The summed E-state index contributed by atoms with van der Waals surface area (Å²) in [6.45, 7) is 3.88. The Labute approximate surface area is 108 Å². The number of hydrogen-bond acceptors (Lipinski definition) is 3. The largest absolute Gasteiger partial charge is 0.385 e. The van der Waals surface area contributed by atoms with Crippen molar-refractivity contribution in [3.8, 4) is 0 Å². The topological polar surface area (TPSA) is 39.1 Å². The molecule has 0 radical (unpaired) electrons. The molecule has 4 heteroatoms. The van der Waals surface area contributed by atoms with Crippen LogP contribution in [0.4, 0.5) is 0 Å². The lowest BCUT2D eigenvalue weighted by atomic mass is 10.3. The SMILES string of the molecule is COCCCNC(C)c1nc2ccccc2n1C. The second-order valence-electron chi connectivity index (χ2n) is 4.54. The van der Waals surface area contributed by atoms with Crippen molar-refractivity contribution in [3.63, 3.8) is 0 Å². The molecule has 1 heterocycles. The minimum absolute atomic E-state index is 0.249. The van der Waals surface area contributed by atoms with Crippen LogP contribution in [0.25, 0.3) is 11.0 Å². The molecule has 0 saturated carbocycles. The summed E-state index contributed by atoms with van der Waals surface area (Å²) in [7, 11) is 3.80. The molecule has 2 rings (SSSR count). The summed E-state index contributed by atoms with van der Waals surface area (Å²) < 4.78 is 7.20. The lowest BCUT2D eigenvalue weighted by molar-refractivity contribution is 0.193. The Morgan fingerprint density at radius 1 is 1.39 bits per heavy atom. The summed E-state index contributed by atoms with van der Waals surface area (Å²) in [5.74, 6) is 1.08. The number of ether oxygens (including phenoxy) is 1. The number of aryl methyl sites for hydroxylation is 1. The van der Waals surface area contributed by atoms with Crippen molar-refractivity contribution < 1.29 is 4.74 Å². The van der Waals surface area contributed by atoms with E-state index in [4.69, 9.17) is 4.74 Å². The molecular formula is C14H21N3O. The maximum absolute atomic E-state index is 5.04. The van der Waals surface area contributed by atoms with Crippen LogP contribution in [-0.4, -0.2) is 29.8 Å². The van der Waals surface area contributed by atoms with E-state index in [2.05, 4.69) is 41.0 Å². The zero-order valence-electron chi connectivity index (χ0n) is 11.3. The number of hydrogen-bond donors (Lipinski definition) is 1. The third kappa shape index (κ3) is 2.71. The third-order valence-corrected chi connectivity index (χ3v) is 3.18. The van der Waals surface area contributed by atoms with Gasteiger partial charge in [0.2, 0.25) is 0 Å². The Kier molecular flexibility index (Phi) is 4.33. The number of para-hydroxylation sites is 2. The van der Waals surface area contributed by atoms with Crippen molar-refractivity contribution in [1.82, 2.24) is 14.9 Å². The number of fused-ring (bicyclic) bond motifs is 1. The molecule has 18 heavy (non-hydrogen) atoms. The molecule has 0 aliphatic rings. The van der Waals surface area contributed by atoms with Crippen LogP contribution in [0.5, 0.6) is 0 Å². The average Bonchev–Trinajstić information content (AvgIpc) is 2.73. The Hall–Kier alpha value is -1.39. The molecular weight excluding hydrogens is 226 g/mol. The highest BCUT2D eigenvalue weighted by atomic mass is 16.5. The van der Waals surface area contributed by atoms with Crippen molar-refractivity contribution in [2.75, 3.05) is 20.3 Å². The summed E-state index contributed by atoms with van der Waals surface area (Å²) in [6.07, 6.45) is 1.02. The molecule has 4 nitrogen and oxygen atoms in total. The monoisotopic (exact) mass is 247 g/mol. The molecule has 0 aliphatic heterocycles. The van der Waals surface area contributed by atoms with Crippen molar-refractivity contribution in [3.05, 3.63) is 30.1 Å². The number of benzene rings is 1. The zero-order valence-corrected chi connectivity index (χ0v) is 11.3. The van der Waals surface area contributed by atoms with Gasteiger partial charge >= 0.3 is 0 Å². The number of nitrogens with one attached hydrogen (secondary N) is 1. The quantitative estimate of drug-likeness (QED) is 0.796. The van der Waals surface area contributed by atoms with E-state index in [1.54, 1.807) is 7.11 Å². The predicted octanol–water partition coefficient (Wildman–Crippen LogP) is 2.26. The zero-order chi connectivity index (χ0) is 13.0. The molecule has 1 unspecified atom stereocenters. The summed E-state index contributed by atoms with van der Waals surface area (Å²) >= 11 is 0. The molecule has 0 saturated heterocycles. The fourth-order valence-corrected chi connectivity index (χ4v) is 2.18. The van der Waals surface area contributed by atoms with E-state index < -0.39 is 0 Å². The number of aromatic nitrogens is 2. The second kappa shape index (κ2) is 5.98. The van der Waals surface area contributed by atoms with E-state index >= 15 is 0 Å². The molecule has 0 amide bonds. The number of imidazole rings is 1. The Morgan fingerprint density at radius 3 is 2.89 bits per heavy atom. The Morgan fingerprint density at radius 2 is 2.17 bits per heavy atom. The van der Waals surface area contributed by atoms with Crippen LogP contribution in [0.2, 0.25) is 0 Å². The van der Waals surface area contributed by atoms with Gasteiger partial charge in [-0.25, -0.2) is 4.98 Å². The molecule has 1 aromatic carbocycles. The van der Waals surface area contributed by atoms with Crippen LogP contribution in [0.1, 0.15) is 25.2 Å². The van der Waals surface area contributed by atoms with Gasteiger partial charge in [0.25, 0.3) is 0 Å².